The highest BCUT2D eigenvalue weighted by Gasteiger charge is 2.18. The maximum absolute atomic E-state index is 11.2. The third-order valence-corrected chi connectivity index (χ3v) is 4.31. The van der Waals surface area contributed by atoms with E-state index in [4.69, 9.17) is 9.84 Å². The molecule has 1 N–H and O–H groups in total. The van der Waals surface area contributed by atoms with E-state index < -0.39 is 5.97 Å². The summed E-state index contributed by atoms with van der Waals surface area (Å²) in [7, 11) is 0. The number of fused-ring (bicyclic) bond motifs is 1. The molecule has 2 heterocycles. The smallest absolute Gasteiger partial charge is 0.346 e. The van der Waals surface area contributed by atoms with Crippen LogP contribution in [0.15, 0.2) is 35.7 Å². The fraction of sp³-hybridized carbons (Fsp3) is 0.267. The number of carboxylic acids is 1. The number of benzene rings is 1. The van der Waals surface area contributed by atoms with E-state index in [0.717, 1.165) is 30.0 Å². The van der Waals surface area contributed by atoms with E-state index in [-0.39, 0.29) is 0 Å². The Labute approximate surface area is 121 Å². The minimum atomic E-state index is -0.846. The van der Waals surface area contributed by atoms with Crippen molar-refractivity contribution in [2.24, 2.45) is 0 Å². The molecule has 1 aliphatic heterocycles. The normalized spacial score (nSPS) is 15.2. The lowest BCUT2D eigenvalue weighted by molar-refractivity contribution is 0.0700. The second-order valence-electron chi connectivity index (χ2n) is 4.75. The minimum Gasteiger partial charge on any atom is -0.492 e. The predicted octanol–water partition coefficient (Wildman–Crippen LogP) is 2.84. The van der Waals surface area contributed by atoms with E-state index in [9.17, 15) is 4.79 Å². The molecule has 0 saturated carbocycles. The van der Waals surface area contributed by atoms with Crippen LogP contribution in [0, 0.1) is 0 Å². The molecule has 3 rings (SSSR count). The van der Waals surface area contributed by atoms with Crippen LogP contribution in [0.2, 0.25) is 0 Å². The van der Waals surface area contributed by atoms with Gasteiger partial charge in [-0.2, -0.15) is 0 Å². The number of rotatable bonds is 3. The molecule has 0 fully saturated rings. The van der Waals surface area contributed by atoms with Gasteiger partial charge in [0.1, 0.15) is 17.2 Å². The van der Waals surface area contributed by atoms with Crippen LogP contribution in [0.5, 0.6) is 5.75 Å². The molecule has 0 atom stereocenters. The third kappa shape index (κ3) is 2.69. The Balaban J connectivity index is 1.78. The molecule has 0 amide bonds. The maximum atomic E-state index is 11.2. The first kappa shape index (κ1) is 13.1. The first-order valence-electron chi connectivity index (χ1n) is 6.47. The zero-order valence-corrected chi connectivity index (χ0v) is 11.7. The van der Waals surface area contributed by atoms with Gasteiger partial charge in [-0.05, 0) is 23.1 Å². The van der Waals surface area contributed by atoms with Gasteiger partial charge in [-0.3, -0.25) is 4.90 Å². The highest BCUT2D eigenvalue weighted by molar-refractivity contribution is 7.12. The summed E-state index contributed by atoms with van der Waals surface area (Å²) >= 11 is 1.28. The van der Waals surface area contributed by atoms with Gasteiger partial charge < -0.3 is 9.84 Å². The van der Waals surface area contributed by atoms with Gasteiger partial charge in [0.25, 0.3) is 0 Å². The number of ether oxygens (including phenoxy) is 1. The Morgan fingerprint density at radius 3 is 3.05 bits per heavy atom. The summed E-state index contributed by atoms with van der Waals surface area (Å²) in [5.74, 6) is 0.0836. The summed E-state index contributed by atoms with van der Waals surface area (Å²) < 4.78 is 5.72. The summed E-state index contributed by atoms with van der Waals surface area (Å²) in [6, 6.07) is 9.89. The summed E-state index contributed by atoms with van der Waals surface area (Å²) in [5, 5.41) is 11.0. The van der Waals surface area contributed by atoms with Crippen LogP contribution in [0.25, 0.3) is 0 Å². The van der Waals surface area contributed by atoms with Crippen molar-refractivity contribution in [3.05, 3.63) is 51.7 Å². The molecule has 1 aromatic carbocycles. The molecule has 0 saturated heterocycles. The van der Waals surface area contributed by atoms with Gasteiger partial charge in [-0.15, -0.1) is 11.3 Å². The van der Waals surface area contributed by atoms with Gasteiger partial charge in [0, 0.05) is 25.2 Å². The molecule has 0 spiro atoms. The Hall–Kier alpha value is -1.85. The van der Waals surface area contributed by atoms with Gasteiger partial charge in [0.2, 0.25) is 0 Å². The average molecular weight is 289 g/mol. The van der Waals surface area contributed by atoms with Crippen LogP contribution in [-0.2, 0) is 13.1 Å². The van der Waals surface area contributed by atoms with Gasteiger partial charge in [-0.1, -0.05) is 18.2 Å². The molecule has 20 heavy (non-hydrogen) atoms. The molecular weight excluding hydrogens is 274 g/mol. The summed E-state index contributed by atoms with van der Waals surface area (Å²) in [5.41, 5.74) is 2.03. The number of thiophene rings is 1. The van der Waals surface area contributed by atoms with Crippen LogP contribution in [-0.4, -0.2) is 29.1 Å². The molecule has 0 unspecified atom stereocenters. The lowest BCUT2D eigenvalue weighted by Crippen LogP contribution is -2.25. The SMILES string of the molecule is O=C(O)c1sccc1CN1CCOc2ccccc2C1. The van der Waals surface area contributed by atoms with Crippen LogP contribution in [0.4, 0.5) is 0 Å². The Kier molecular flexibility index (Phi) is 3.71. The second kappa shape index (κ2) is 5.64. The van der Waals surface area contributed by atoms with Gasteiger partial charge in [0.15, 0.2) is 0 Å². The maximum Gasteiger partial charge on any atom is 0.346 e. The fourth-order valence-electron chi connectivity index (χ4n) is 2.40. The molecule has 5 heteroatoms. The fourth-order valence-corrected chi connectivity index (χ4v) is 3.16. The van der Waals surface area contributed by atoms with E-state index in [0.29, 0.717) is 18.0 Å². The standard InChI is InChI=1S/C15H15NO3S/c17-15(18)14-12(5-8-20-14)10-16-6-7-19-13-4-2-1-3-11(13)9-16/h1-5,8H,6-7,9-10H2,(H,17,18). The highest BCUT2D eigenvalue weighted by atomic mass is 32.1. The highest BCUT2D eigenvalue weighted by Crippen LogP contribution is 2.25. The van der Waals surface area contributed by atoms with E-state index in [1.807, 2.05) is 29.6 Å². The van der Waals surface area contributed by atoms with Crippen molar-refractivity contribution < 1.29 is 14.6 Å². The Morgan fingerprint density at radius 2 is 2.20 bits per heavy atom. The largest absolute Gasteiger partial charge is 0.492 e. The van der Waals surface area contributed by atoms with Crippen molar-refractivity contribution in [3.63, 3.8) is 0 Å². The quantitative estimate of drug-likeness (QED) is 0.944. The topological polar surface area (TPSA) is 49.8 Å². The van der Waals surface area contributed by atoms with Crippen LogP contribution >= 0.6 is 11.3 Å². The van der Waals surface area contributed by atoms with Crippen molar-refractivity contribution in [1.29, 1.82) is 0 Å². The number of aromatic carboxylic acids is 1. The molecular formula is C15H15NO3S. The molecule has 0 bridgehead atoms. The van der Waals surface area contributed by atoms with Gasteiger partial charge >= 0.3 is 5.97 Å². The van der Waals surface area contributed by atoms with Crippen LogP contribution in [0.1, 0.15) is 20.8 Å². The molecule has 2 aromatic rings. The van der Waals surface area contributed by atoms with E-state index in [2.05, 4.69) is 11.0 Å². The van der Waals surface area contributed by atoms with Crippen molar-refractivity contribution in [1.82, 2.24) is 4.90 Å². The molecule has 0 aliphatic carbocycles. The van der Waals surface area contributed by atoms with Crippen LogP contribution < -0.4 is 4.74 Å². The van der Waals surface area contributed by atoms with Gasteiger partial charge in [0.05, 0.1) is 0 Å². The third-order valence-electron chi connectivity index (χ3n) is 3.37. The number of carboxylic acid groups (broad SMARTS) is 1. The first-order valence-corrected chi connectivity index (χ1v) is 7.35. The number of hydrogen-bond acceptors (Lipinski definition) is 4. The molecule has 1 aliphatic rings. The zero-order valence-electron chi connectivity index (χ0n) is 10.9. The molecule has 1 aromatic heterocycles. The summed E-state index contributed by atoms with van der Waals surface area (Å²) in [4.78, 5) is 13.8. The number of para-hydroxylation sites is 1. The van der Waals surface area contributed by atoms with E-state index in [1.54, 1.807) is 0 Å². The van der Waals surface area contributed by atoms with Crippen molar-refractivity contribution in [2.45, 2.75) is 13.1 Å². The molecule has 4 nitrogen and oxygen atoms in total. The van der Waals surface area contributed by atoms with E-state index in [1.165, 1.54) is 11.3 Å². The van der Waals surface area contributed by atoms with Crippen molar-refractivity contribution in [2.75, 3.05) is 13.2 Å². The Bertz CT molecular complexity index is 623. The molecule has 0 radical (unpaired) electrons. The lowest BCUT2D eigenvalue weighted by atomic mass is 10.1. The summed E-state index contributed by atoms with van der Waals surface area (Å²) in [6.07, 6.45) is 0. The lowest BCUT2D eigenvalue weighted by Gasteiger charge is -2.19. The number of nitrogens with zero attached hydrogens (tertiary/aromatic N) is 1. The summed E-state index contributed by atoms with van der Waals surface area (Å²) in [6.45, 7) is 2.85. The Morgan fingerprint density at radius 1 is 1.35 bits per heavy atom. The second-order valence-corrected chi connectivity index (χ2v) is 5.66. The minimum absolute atomic E-state index is 0.434. The number of carbonyl (C=O) groups is 1. The monoisotopic (exact) mass is 289 g/mol. The van der Waals surface area contributed by atoms with Crippen LogP contribution in [0.3, 0.4) is 0 Å². The number of hydrogen-bond donors (Lipinski definition) is 1. The van der Waals surface area contributed by atoms with Crippen molar-refractivity contribution >= 4 is 17.3 Å². The van der Waals surface area contributed by atoms with E-state index >= 15 is 0 Å². The first-order chi connectivity index (χ1) is 9.74. The zero-order chi connectivity index (χ0) is 13.9. The average Bonchev–Trinajstić information content (AvgIpc) is 2.79. The van der Waals surface area contributed by atoms with Crippen molar-refractivity contribution in [3.8, 4) is 5.75 Å². The molecule has 104 valence electrons. The van der Waals surface area contributed by atoms with Gasteiger partial charge in [-0.25, -0.2) is 4.79 Å². The predicted molar refractivity (Wildman–Crippen MR) is 77.3 cm³/mol.